The molecule has 0 bridgehead atoms. The zero-order chi connectivity index (χ0) is 15.7. The largest absolute Gasteiger partial charge is 0.354 e. The zero-order valence-electron chi connectivity index (χ0n) is 13.8. The minimum absolute atomic E-state index is 0. The molecule has 0 spiro atoms. The maximum Gasteiger partial charge on any atom is 0.220 e. The molecule has 0 saturated carbocycles. The molecule has 1 amide bonds. The predicted octanol–water partition coefficient (Wildman–Crippen LogP) is 3.42. The molecule has 1 atom stereocenters. The minimum Gasteiger partial charge on any atom is -0.354 e. The molecule has 134 valence electrons. The second-order valence-corrected chi connectivity index (χ2v) is 5.36. The Bertz CT molecular complexity index is 442. The van der Waals surface area contributed by atoms with Gasteiger partial charge in [0.15, 0.2) is 0 Å². The SMILES string of the molecule is CCN(CC)C(CNC(=O)CCCN)c1ccccc1Cl.Cl.Cl. The Morgan fingerprint density at radius 3 is 2.39 bits per heavy atom. The molecule has 23 heavy (non-hydrogen) atoms. The van der Waals surface area contributed by atoms with Gasteiger partial charge in [0.25, 0.3) is 0 Å². The summed E-state index contributed by atoms with van der Waals surface area (Å²) in [5.41, 5.74) is 6.49. The average molecular weight is 385 g/mol. The van der Waals surface area contributed by atoms with Gasteiger partial charge >= 0.3 is 0 Å². The highest BCUT2D eigenvalue weighted by Crippen LogP contribution is 2.26. The fourth-order valence-corrected chi connectivity index (χ4v) is 2.67. The third-order valence-electron chi connectivity index (χ3n) is 3.62. The molecular formula is C16H28Cl3N3O. The number of nitrogens with two attached hydrogens (primary N) is 1. The molecule has 1 aromatic rings. The van der Waals surface area contributed by atoms with Gasteiger partial charge in [-0.05, 0) is 37.7 Å². The van der Waals surface area contributed by atoms with Crippen LogP contribution in [0.3, 0.4) is 0 Å². The number of benzene rings is 1. The van der Waals surface area contributed by atoms with E-state index in [-0.39, 0.29) is 36.8 Å². The highest BCUT2D eigenvalue weighted by molar-refractivity contribution is 6.31. The second kappa shape index (κ2) is 13.9. The quantitative estimate of drug-likeness (QED) is 0.686. The lowest BCUT2D eigenvalue weighted by atomic mass is 10.0. The molecule has 3 N–H and O–H groups in total. The maximum absolute atomic E-state index is 11.8. The Labute approximate surface area is 157 Å². The summed E-state index contributed by atoms with van der Waals surface area (Å²) in [6.07, 6.45) is 1.19. The first-order chi connectivity index (χ1) is 10.1. The van der Waals surface area contributed by atoms with Crippen molar-refractivity contribution in [1.82, 2.24) is 10.2 Å². The number of nitrogens with one attached hydrogen (secondary N) is 1. The molecule has 0 heterocycles. The average Bonchev–Trinajstić information content (AvgIpc) is 2.50. The van der Waals surface area contributed by atoms with Crippen LogP contribution in [0.5, 0.6) is 0 Å². The van der Waals surface area contributed by atoms with E-state index in [1.807, 2.05) is 24.3 Å². The van der Waals surface area contributed by atoms with Crippen LogP contribution >= 0.6 is 36.4 Å². The monoisotopic (exact) mass is 383 g/mol. The number of hydrogen-bond acceptors (Lipinski definition) is 3. The van der Waals surface area contributed by atoms with Gasteiger partial charge in [0.1, 0.15) is 0 Å². The molecule has 0 saturated heterocycles. The lowest BCUT2D eigenvalue weighted by Gasteiger charge is -2.31. The molecule has 1 unspecified atom stereocenters. The fourth-order valence-electron chi connectivity index (χ4n) is 2.41. The van der Waals surface area contributed by atoms with E-state index in [0.717, 1.165) is 23.7 Å². The highest BCUT2D eigenvalue weighted by atomic mass is 35.5. The standard InChI is InChI=1S/C16H26ClN3O.2ClH/c1-3-20(4-2)15(12-19-16(21)10-7-11-18)13-8-5-6-9-14(13)17;;/h5-6,8-9,15H,3-4,7,10-12,18H2,1-2H3,(H,19,21);2*1H. The Morgan fingerprint density at radius 2 is 1.87 bits per heavy atom. The van der Waals surface area contributed by atoms with Crippen LogP contribution in [0.2, 0.25) is 5.02 Å². The molecule has 0 radical (unpaired) electrons. The third kappa shape index (κ3) is 8.23. The molecule has 1 rings (SSSR count). The molecule has 7 heteroatoms. The van der Waals surface area contributed by atoms with Gasteiger partial charge in [0.2, 0.25) is 5.91 Å². The van der Waals surface area contributed by atoms with Gasteiger partial charge in [-0.2, -0.15) is 0 Å². The summed E-state index contributed by atoms with van der Waals surface area (Å²) in [7, 11) is 0. The zero-order valence-corrected chi connectivity index (χ0v) is 16.1. The highest BCUT2D eigenvalue weighted by Gasteiger charge is 2.20. The number of likely N-dealkylation sites (N-methyl/N-ethyl adjacent to an activating group) is 1. The van der Waals surface area contributed by atoms with Crippen LogP contribution in [0.1, 0.15) is 38.3 Å². The molecule has 4 nitrogen and oxygen atoms in total. The van der Waals surface area contributed by atoms with E-state index in [4.69, 9.17) is 17.3 Å². The van der Waals surface area contributed by atoms with Crippen molar-refractivity contribution in [3.63, 3.8) is 0 Å². The number of rotatable bonds is 9. The summed E-state index contributed by atoms with van der Waals surface area (Å²) in [4.78, 5) is 14.1. The first-order valence-electron chi connectivity index (χ1n) is 7.59. The number of hydrogen-bond donors (Lipinski definition) is 2. The van der Waals surface area contributed by atoms with Crippen LogP contribution in [0.25, 0.3) is 0 Å². The summed E-state index contributed by atoms with van der Waals surface area (Å²) in [5, 5.41) is 3.74. The number of nitrogens with zero attached hydrogens (tertiary/aromatic N) is 1. The smallest absolute Gasteiger partial charge is 0.220 e. The van der Waals surface area contributed by atoms with Crippen LogP contribution in [-0.2, 0) is 4.79 Å². The summed E-state index contributed by atoms with van der Waals surface area (Å²) in [6, 6.07) is 7.91. The van der Waals surface area contributed by atoms with Gasteiger partial charge < -0.3 is 11.1 Å². The van der Waals surface area contributed by atoms with Crippen molar-refractivity contribution in [2.75, 3.05) is 26.2 Å². The Hall–Kier alpha value is -0.520. The van der Waals surface area contributed by atoms with E-state index in [9.17, 15) is 4.79 Å². The Morgan fingerprint density at radius 1 is 1.26 bits per heavy atom. The lowest BCUT2D eigenvalue weighted by molar-refractivity contribution is -0.121. The van der Waals surface area contributed by atoms with Crippen LogP contribution < -0.4 is 11.1 Å². The fraction of sp³-hybridized carbons (Fsp3) is 0.562. The summed E-state index contributed by atoms with van der Waals surface area (Å²) in [6.45, 7) is 7.15. The van der Waals surface area contributed by atoms with Gasteiger partial charge in [-0.15, -0.1) is 24.8 Å². The van der Waals surface area contributed by atoms with Crippen molar-refractivity contribution < 1.29 is 4.79 Å². The predicted molar refractivity (Wildman–Crippen MR) is 103 cm³/mol. The van der Waals surface area contributed by atoms with E-state index in [0.29, 0.717) is 25.9 Å². The van der Waals surface area contributed by atoms with Crippen molar-refractivity contribution >= 4 is 42.3 Å². The number of carbonyl (C=O) groups is 1. The molecular weight excluding hydrogens is 357 g/mol. The summed E-state index contributed by atoms with van der Waals surface area (Å²) in [5.74, 6) is 0.0460. The van der Waals surface area contributed by atoms with Crippen molar-refractivity contribution in [3.8, 4) is 0 Å². The van der Waals surface area contributed by atoms with E-state index >= 15 is 0 Å². The second-order valence-electron chi connectivity index (χ2n) is 4.95. The molecule has 0 aliphatic heterocycles. The number of amides is 1. The molecule has 0 fully saturated rings. The molecule has 1 aromatic carbocycles. The number of carbonyl (C=O) groups excluding carboxylic acids is 1. The lowest BCUT2D eigenvalue weighted by Crippen LogP contribution is -2.38. The van der Waals surface area contributed by atoms with Crippen LogP contribution in [0, 0.1) is 0 Å². The van der Waals surface area contributed by atoms with Gasteiger partial charge in [-0.25, -0.2) is 0 Å². The third-order valence-corrected chi connectivity index (χ3v) is 3.96. The van der Waals surface area contributed by atoms with Crippen molar-refractivity contribution in [2.45, 2.75) is 32.7 Å². The molecule has 0 aliphatic carbocycles. The Balaban J connectivity index is 0. The molecule has 0 aliphatic rings. The summed E-state index contributed by atoms with van der Waals surface area (Å²) < 4.78 is 0. The first kappa shape index (κ1) is 24.7. The van der Waals surface area contributed by atoms with Gasteiger partial charge in [0, 0.05) is 18.0 Å². The maximum atomic E-state index is 11.8. The number of halogens is 3. The Kier molecular flexibility index (Phi) is 14.9. The van der Waals surface area contributed by atoms with Gasteiger partial charge in [-0.3, -0.25) is 9.69 Å². The molecule has 0 aromatic heterocycles. The van der Waals surface area contributed by atoms with Gasteiger partial charge in [0.05, 0.1) is 6.04 Å². The van der Waals surface area contributed by atoms with E-state index in [2.05, 4.69) is 24.1 Å². The van der Waals surface area contributed by atoms with Crippen LogP contribution in [-0.4, -0.2) is 37.0 Å². The van der Waals surface area contributed by atoms with E-state index in [1.165, 1.54) is 0 Å². The van der Waals surface area contributed by atoms with Crippen LogP contribution in [0.15, 0.2) is 24.3 Å². The van der Waals surface area contributed by atoms with Crippen molar-refractivity contribution in [3.05, 3.63) is 34.9 Å². The first-order valence-corrected chi connectivity index (χ1v) is 7.97. The van der Waals surface area contributed by atoms with Crippen LogP contribution in [0.4, 0.5) is 0 Å². The van der Waals surface area contributed by atoms with E-state index in [1.54, 1.807) is 0 Å². The summed E-state index contributed by atoms with van der Waals surface area (Å²) >= 11 is 6.32. The topological polar surface area (TPSA) is 58.4 Å². The van der Waals surface area contributed by atoms with Crippen molar-refractivity contribution in [2.24, 2.45) is 5.73 Å². The van der Waals surface area contributed by atoms with Crippen molar-refractivity contribution in [1.29, 1.82) is 0 Å². The van der Waals surface area contributed by atoms with E-state index < -0.39 is 0 Å². The minimum atomic E-state index is 0. The normalized spacial score (nSPS) is 11.3. The van der Waals surface area contributed by atoms with Gasteiger partial charge in [-0.1, -0.05) is 43.6 Å².